The molecular formula is C28H27BrCl2N4O3. The topological polar surface area (TPSA) is 91.4 Å². The molecule has 0 atom stereocenters. The number of piperidine rings is 1. The second-order valence-corrected chi connectivity index (χ2v) is 11.0. The highest BCUT2D eigenvalue weighted by molar-refractivity contribution is 9.10. The molecule has 1 aromatic heterocycles. The molecule has 3 aromatic rings. The lowest BCUT2D eigenvalue weighted by atomic mass is 9.95. The minimum absolute atomic E-state index is 0.137. The van der Waals surface area contributed by atoms with Crippen molar-refractivity contribution in [2.24, 2.45) is 5.92 Å². The van der Waals surface area contributed by atoms with Crippen molar-refractivity contribution in [3.05, 3.63) is 92.5 Å². The van der Waals surface area contributed by atoms with Gasteiger partial charge in [-0.3, -0.25) is 14.4 Å². The van der Waals surface area contributed by atoms with E-state index in [0.29, 0.717) is 54.6 Å². The summed E-state index contributed by atoms with van der Waals surface area (Å²) in [6.45, 7) is 0.661. The average Bonchev–Trinajstić information content (AvgIpc) is 2.92. The number of pyridine rings is 1. The Balaban J connectivity index is 1.34. The molecular weight excluding hydrogens is 591 g/mol. The number of rotatable bonds is 7. The van der Waals surface area contributed by atoms with E-state index in [2.05, 4.69) is 31.5 Å². The van der Waals surface area contributed by atoms with Crippen molar-refractivity contribution >= 4 is 62.7 Å². The molecule has 3 amide bonds. The van der Waals surface area contributed by atoms with E-state index in [1.165, 1.54) is 4.90 Å². The van der Waals surface area contributed by atoms with Crippen molar-refractivity contribution in [2.75, 3.05) is 18.4 Å². The predicted molar refractivity (Wildman–Crippen MR) is 152 cm³/mol. The molecule has 2 aromatic carbocycles. The van der Waals surface area contributed by atoms with Gasteiger partial charge in [-0.15, -0.1) is 0 Å². The second kappa shape index (κ2) is 13.2. The third-order valence-electron chi connectivity index (χ3n) is 6.45. The summed E-state index contributed by atoms with van der Waals surface area (Å²) in [7, 11) is 0. The monoisotopic (exact) mass is 616 g/mol. The zero-order valence-electron chi connectivity index (χ0n) is 20.5. The van der Waals surface area contributed by atoms with Crippen LogP contribution in [0.3, 0.4) is 0 Å². The van der Waals surface area contributed by atoms with Crippen LogP contribution in [0.15, 0.2) is 71.3 Å². The average molecular weight is 618 g/mol. The van der Waals surface area contributed by atoms with E-state index in [1.54, 1.807) is 42.6 Å². The highest BCUT2D eigenvalue weighted by Crippen LogP contribution is 2.20. The lowest BCUT2D eigenvalue weighted by Crippen LogP contribution is -2.50. The van der Waals surface area contributed by atoms with E-state index in [-0.39, 0.29) is 17.9 Å². The largest absolute Gasteiger partial charge is 0.344 e. The highest BCUT2D eigenvalue weighted by atomic mass is 79.9. The number of hydrogen-bond acceptors (Lipinski definition) is 4. The van der Waals surface area contributed by atoms with Crippen molar-refractivity contribution in [3.63, 3.8) is 0 Å². The molecule has 2 N–H and O–H groups in total. The van der Waals surface area contributed by atoms with Crippen LogP contribution in [0.2, 0.25) is 10.0 Å². The van der Waals surface area contributed by atoms with Crippen molar-refractivity contribution in [1.29, 1.82) is 0 Å². The number of anilines is 1. The summed E-state index contributed by atoms with van der Waals surface area (Å²) < 4.78 is 0.823. The van der Waals surface area contributed by atoms with E-state index in [9.17, 15) is 14.4 Å². The van der Waals surface area contributed by atoms with E-state index in [1.807, 2.05) is 24.3 Å². The zero-order valence-corrected chi connectivity index (χ0v) is 23.6. The molecule has 1 saturated heterocycles. The Labute approximate surface area is 240 Å². The number of hydrogen-bond donors (Lipinski definition) is 2. The first kappa shape index (κ1) is 28.1. The van der Waals surface area contributed by atoms with E-state index in [0.717, 1.165) is 15.6 Å². The van der Waals surface area contributed by atoms with Crippen LogP contribution in [0.1, 0.15) is 24.0 Å². The van der Waals surface area contributed by atoms with E-state index in [4.69, 9.17) is 23.2 Å². The molecule has 2 heterocycles. The fourth-order valence-corrected chi connectivity index (χ4v) is 4.88. The molecule has 10 heteroatoms. The lowest BCUT2D eigenvalue weighted by molar-refractivity contribution is -0.147. The zero-order chi connectivity index (χ0) is 27.1. The predicted octanol–water partition coefficient (Wildman–Crippen LogP) is 5.30. The number of amides is 3. The summed E-state index contributed by atoms with van der Waals surface area (Å²) in [4.78, 5) is 44.3. The molecule has 0 unspecified atom stereocenters. The quantitative estimate of drug-likeness (QED) is 0.352. The SMILES string of the molecule is O=C(NC(Cc1ccc(Cl)cc1)Cc1ccc(Cl)cc1)C(=O)N1CCC(C(=O)Nc2ccc(Br)cn2)CC1. The number of halogens is 3. The molecule has 198 valence electrons. The lowest BCUT2D eigenvalue weighted by Gasteiger charge is -2.31. The Morgan fingerprint density at radius 3 is 1.95 bits per heavy atom. The van der Waals surface area contributed by atoms with Gasteiger partial charge < -0.3 is 15.5 Å². The molecule has 0 saturated carbocycles. The van der Waals surface area contributed by atoms with Crippen LogP contribution in [-0.4, -0.2) is 46.7 Å². The van der Waals surface area contributed by atoms with Gasteiger partial charge in [0.25, 0.3) is 0 Å². The van der Waals surface area contributed by atoms with E-state index >= 15 is 0 Å². The Morgan fingerprint density at radius 1 is 0.895 bits per heavy atom. The minimum Gasteiger partial charge on any atom is -0.344 e. The first-order chi connectivity index (χ1) is 18.3. The van der Waals surface area contributed by atoms with Gasteiger partial charge in [-0.05, 0) is 89.1 Å². The molecule has 0 spiro atoms. The normalized spacial score (nSPS) is 13.8. The smallest absolute Gasteiger partial charge is 0.311 e. The third kappa shape index (κ3) is 8.03. The second-order valence-electron chi connectivity index (χ2n) is 9.25. The molecule has 38 heavy (non-hydrogen) atoms. The van der Waals surface area contributed by atoms with Crippen LogP contribution in [0, 0.1) is 5.92 Å². The summed E-state index contributed by atoms with van der Waals surface area (Å²) in [6, 6.07) is 18.0. The van der Waals surface area contributed by atoms with Gasteiger partial charge in [0.15, 0.2) is 0 Å². The van der Waals surface area contributed by atoms with Crippen LogP contribution in [0.25, 0.3) is 0 Å². The fraction of sp³-hybridized carbons (Fsp3) is 0.286. The first-order valence-corrected chi connectivity index (χ1v) is 13.8. The number of benzene rings is 2. The van der Waals surface area contributed by atoms with Crippen molar-refractivity contribution < 1.29 is 14.4 Å². The summed E-state index contributed by atoms with van der Waals surface area (Å²) >= 11 is 15.4. The van der Waals surface area contributed by atoms with Gasteiger partial charge in [-0.2, -0.15) is 0 Å². The molecule has 0 aliphatic carbocycles. The Kier molecular flexibility index (Phi) is 9.77. The summed E-state index contributed by atoms with van der Waals surface area (Å²) in [6.07, 6.45) is 3.62. The van der Waals surface area contributed by atoms with Crippen molar-refractivity contribution in [1.82, 2.24) is 15.2 Å². The number of likely N-dealkylation sites (tertiary alicyclic amines) is 1. The molecule has 1 aliphatic rings. The number of carbonyl (C=O) groups is 3. The summed E-state index contributed by atoms with van der Waals surface area (Å²) in [5.74, 6) is -1.16. The molecule has 7 nitrogen and oxygen atoms in total. The van der Waals surface area contributed by atoms with Gasteiger partial charge in [-0.1, -0.05) is 47.5 Å². The van der Waals surface area contributed by atoms with Gasteiger partial charge in [-0.25, -0.2) is 4.98 Å². The van der Waals surface area contributed by atoms with Crippen LogP contribution >= 0.6 is 39.1 Å². The summed E-state index contributed by atoms with van der Waals surface area (Å²) in [5, 5.41) is 7.00. The van der Waals surface area contributed by atoms with Gasteiger partial charge in [0.1, 0.15) is 5.82 Å². The maximum Gasteiger partial charge on any atom is 0.311 e. The number of aromatic nitrogens is 1. The maximum absolute atomic E-state index is 13.0. The fourth-order valence-electron chi connectivity index (χ4n) is 4.40. The molecule has 0 radical (unpaired) electrons. The first-order valence-electron chi connectivity index (χ1n) is 12.3. The Morgan fingerprint density at radius 2 is 1.45 bits per heavy atom. The van der Waals surface area contributed by atoms with E-state index < -0.39 is 11.8 Å². The van der Waals surface area contributed by atoms with Gasteiger partial charge in [0.2, 0.25) is 5.91 Å². The van der Waals surface area contributed by atoms with Crippen LogP contribution < -0.4 is 10.6 Å². The van der Waals surface area contributed by atoms with Gasteiger partial charge in [0, 0.05) is 45.8 Å². The Bertz CT molecular complexity index is 1220. The van der Waals surface area contributed by atoms with Crippen molar-refractivity contribution in [3.8, 4) is 0 Å². The minimum atomic E-state index is -0.653. The van der Waals surface area contributed by atoms with Crippen LogP contribution in [-0.2, 0) is 27.2 Å². The third-order valence-corrected chi connectivity index (χ3v) is 7.42. The van der Waals surface area contributed by atoms with Gasteiger partial charge in [0.05, 0.1) is 0 Å². The molecule has 0 bridgehead atoms. The van der Waals surface area contributed by atoms with Gasteiger partial charge >= 0.3 is 11.8 Å². The number of nitrogens with zero attached hydrogens (tertiary/aromatic N) is 2. The molecule has 4 rings (SSSR count). The summed E-state index contributed by atoms with van der Waals surface area (Å²) in [5.41, 5.74) is 1.99. The standard InChI is InChI=1S/C28H27BrCl2N4O3/c29-21-5-10-25(32-17-21)34-26(36)20-11-13-35(14-12-20)28(38)27(37)33-24(15-18-1-6-22(30)7-2-18)16-19-3-8-23(31)9-4-19/h1-10,17,20,24H,11-16H2,(H,33,37)(H,32,34,36). The van der Waals surface area contributed by atoms with Crippen molar-refractivity contribution in [2.45, 2.75) is 31.7 Å². The number of nitrogens with one attached hydrogen (secondary N) is 2. The van der Waals surface area contributed by atoms with Crippen LogP contribution in [0.4, 0.5) is 5.82 Å². The Hall–Kier alpha value is -2.94. The molecule has 1 fully saturated rings. The number of carbonyl (C=O) groups excluding carboxylic acids is 3. The van der Waals surface area contributed by atoms with Crippen LogP contribution in [0.5, 0.6) is 0 Å². The maximum atomic E-state index is 13.0. The molecule has 1 aliphatic heterocycles. The highest BCUT2D eigenvalue weighted by Gasteiger charge is 2.31.